The Balaban J connectivity index is 1.50. The molecule has 3 rings (SSSR count). The molecule has 0 unspecified atom stereocenters. The molecule has 3 aromatic rings. The van der Waals surface area contributed by atoms with Gasteiger partial charge in [0.05, 0.1) is 24.9 Å². The molecule has 0 aliphatic rings. The monoisotopic (exact) mass is 408 g/mol. The maximum absolute atomic E-state index is 12.1. The Hall–Kier alpha value is -3.12. The van der Waals surface area contributed by atoms with Gasteiger partial charge in [0.2, 0.25) is 5.91 Å². The molecule has 1 amide bonds. The quantitative estimate of drug-likeness (QED) is 0.557. The number of methoxy groups -OCH3 is 2. The van der Waals surface area contributed by atoms with Gasteiger partial charge < -0.3 is 14.8 Å². The molecule has 0 spiro atoms. The molecule has 1 heterocycles. The van der Waals surface area contributed by atoms with Crippen LogP contribution in [-0.4, -0.2) is 31.7 Å². The molecule has 0 aliphatic carbocycles. The van der Waals surface area contributed by atoms with Crippen molar-refractivity contribution in [3.8, 4) is 22.8 Å². The van der Waals surface area contributed by atoms with Gasteiger partial charge in [0.15, 0.2) is 0 Å². The van der Waals surface area contributed by atoms with E-state index in [1.807, 2.05) is 19.1 Å². The number of benzene rings is 2. The number of aryl methyl sites for hydroxylation is 1. The maximum Gasteiger partial charge on any atom is 0.244 e. The summed E-state index contributed by atoms with van der Waals surface area (Å²) < 4.78 is 10.5. The number of thiazole rings is 1. The van der Waals surface area contributed by atoms with Crippen molar-refractivity contribution >= 4 is 23.3 Å². The maximum atomic E-state index is 12.1. The molecule has 0 aliphatic heterocycles. The number of ether oxygens (including phenoxy) is 2. The van der Waals surface area contributed by atoms with E-state index in [-0.39, 0.29) is 5.91 Å². The Morgan fingerprint density at radius 3 is 2.59 bits per heavy atom. The molecule has 0 bridgehead atoms. The van der Waals surface area contributed by atoms with Crippen LogP contribution in [0.25, 0.3) is 17.3 Å². The highest BCUT2D eigenvalue weighted by Crippen LogP contribution is 2.25. The molecule has 29 heavy (non-hydrogen) atoms. The Morgan fingerprint density at radius 1 is 1.14 bits per heavy atom. The summed E-state index contributed by atoms with van der Waals surface area (Å²) in [5.74, 6) is 1.22. The van der Waals surface area contributed by atoms with Gasteiger partial charge in [-0.2, -0.15) is 0 Å². The fourth-order valence-corrected chi connectivity index (χ4v) is 3.47. The Bertz CT molecular complexity index is 994. The summed E-state index contributed by atoms with van der Waals surface area (Å²) in [6.45, 7) is 2.57. The number of hydrogen-bond acceptors (Lipinski definition) is 5. The summed E-state index contributed by atoms with van der Waals surface area (Å²) >= 11 is 1.65. The first kappa shape index (κ1) is 20.6. The largest absolute Gasteiger partial charge is 0.497 e. The lowest BCUT2D eigenvalue weighted by Crippen LogP contribution is -2.23. The number of hydrogen-bond donors (Lipinski definition) is 1. The third-order valence-electron chi connectivity index (χ3n) is 4.44. The summed E-state index contributed by atoms with van der Waals surface area (Å²) in [4.78, 5) is 16.6. The first-order valence-corrected chi connectivity index (χ1v) is 10.2. The molecule has 1 aromatic heterocycles. The van der Waals surface area contributed by atoms with Crippen LogP contribution in [0.2, 0.25) is 0 Å². The second-order valence-corrected chi connectivity index (χ2v) is 7.49. The molecule has 5 nitrogen and oxygen atoms in total. The SMILES string of the molecule is COc1ccc(/C=C/C(=O)NCCc2ccc(-c3csc(C)n3)cc2)c(OC)c1. The van der Waals surface area contributed by atoms with Crippen LogP contribution in [0.4, 0.5) is 0 Å². The molecule has 1 N–H and O–H groups in total. The standard InChI is InChI=1S/C23H24N2O3S/c1-16-25-21(15-29-16)18-6-4-17(5-7-18)12-13-24-23(26)11-9-19-8-10-20(27-2)14-22(19)28-3/h4-11,14-15H,12-13H2,1-3H3,(H,24,26)/b11-9+. The zero-order chi connectivity index (χ0) is 20.6. The number of carbonyl (C=O) groups is 1. The predicted molar refractivity (Wildman–Crippen MR) is 118 cm³/mol. The van der Waals surface area contributed by atoms with Crippen molar-refractivity contribution in [1.82, 2.24) is 10.3 Å². The van der Waals surface area contributed by atoms with E-state index in [9.17, 15) is 4.79 Å². The zero-order valence-electron chi connectivity index (χ0n) is 16.8. The number of carbonyl (C=O) groups excluding carboxylic acids is 1. The van der Waals surface area contributed by atoms with Gasteiger partial charge in [0.1, 0.15) is 11.5 Å². The third kappa shape index (κ3) is 5.68. The van der Waals surface area contributed by atoms with Crippen molar-refractivity contribution in [2.24, 2.45) is 0 Å². The van der Waals surface area contributed by atoms with E-state index in [4.69, 9.17) is 9.47 Å². The van der Waals surface area contributed by atoms with Crippen molar-refractivity contribution in [3.05, 3.63) is 70.1 Å². The number of nitrogens with one attached hydrogen (secondary N) is 1. The zero-order valence-corrected chi connectivity index (χ0v) is 17.6. The Kier molecular flexibility index (Phi) is 7.03. The van der Waals surface area contributed by atoms with Gasteiger partial charge in [-0.1, -0.05) is 24.3 Å². The van der Waals surface area contributed by atoms with E-state index in [1.54, 1.807) is 37.7 Å². The van der Waals surface area contributed by atoms with Crippen LogP contribution in [0.15, 0.2) is 53.9 Å². The number of rotatable bonds is 8. The smallest absolute Gasteiger partial charge is 0.244 e. The van der Waals surface area contributed by atoms with Crippen molar-refractivity contribution in [2.45, 2.75) is 13.3 Å². The summed E-state index contributed by atoms with van der Waals surface area (Å²) in [6, 6.07) is 13.8. The molecule has 2 aromatic carbocycles. The molecule has 0 radical (unpaired) electrons. The van der Waals surface area contributed by atoms with E-state index < -0.39 is 0 Å². The third-order valence-corrected chi connectivity index (χ3v) is 5.21. The Labute approximate surface area is 175 Å². The van der Waals surface area contributed by atoms with Crippen molar-refractivity contribution in [2.75, 3.05) is 20.8 Å². The molecule has 0 saturated heterocycles. The fourth-order valence-electron chi connectivity index (χ4n) is 2.85. The average molecular weight is 409 g/mol. The number of nitrogens with zero attached hydrogens (tertiary/aromatic N) is 1. The summed E-state index contributed by atoms with van der Waals surface area (Å²) in [7, 11) is 3.19. The lowest BCUT2D eigenvalue weighted by molar-refractivity contribution is -0.116. The topological polar surface area (TPSA) is 60.5 Å². The summed E-state index contributed by atoms with van der Waals surface area (Å²) in [6.07, 6.45) is 4.01. The molecule has 6 heteroatoms. The van der Waals surface area contributed by atoms with Crippen LogP contribution >= 0.6 is 11.3 Å². The van der Waals surface area contributed by atoms with Crippen molar-refractivity contribution in [3.63, 3.8) is 0 Å². The molecular formula is C23H24N2O3S. The van der Waals surface area contributed by atoms with Gasteiger partial charge in [0.25, 0.3) is 0 Å². The van der Waals surface area contributed by atoms with E-state index >= 15 is 0 Å². The van der Waals surface area contributed by atoms with E-state index in [0.29, 0.717) is 18.0 Å². The van der Waals surface area contributed by atoms with Gasteiger partial charge in [-0.05, 0) is 37.1 Å². The van der Waals surface area contributed by atoms with E-state index in [0.717, 1.165) is 28.2 Å². The predicted octanol–water partition coefficient (Wildman–Crippen LogP) is 4.51. The van der Waals surface area contributed by atoms with Gasteiger partial charge in [0, 0.05) is 35.2 Å². The van der Waals surface area contributed by atoms with E-state index in [2.05, 4.69) is 39.9 Å². The van der Waals surface area contributed by atoms with Gasteiger partial charge in [-0.25, -0.2) is 4.98 Å². The first-order valence-electron chi connectivity index (χ1n) is 9.28. The van der Waals surface area contributed by atoms with E-state index in [1.165, 1.54) is 11.6 Å². The van der Waals surface area contributed by atoms with Gasteiger partial charge >= 0.3 is 0 Å². The summed E-state index contributed by atoms with van der Waals surface area (Å²) in [5, 5.41) is 6.04. The first-order chi connectivity index (χ1) is 14.1. The van der Waals surface area contributed by atoms with Crippen LogP contribution < -0.4 is 14.8 Å². The second-order valence-electron chi connectivity index (χ2n) is 6.43. The highest BCUT2D eigenvalue weighted by atomic mass is 32.1. The molecule has 0 saturated carbocycles. The molecule has 150 valence electrons. The van der Waals surface area contributed by atoms with Crippen LogP contribution in [0.3, 0.4) is 0 Å². The molecule has 0 fully saturated rings. The minimum atomic E-state index is -0.141. The highest BCUT2D eigenvalue weighted by molar-refractivity contribution is 7.09. The lowest BCUT2D eigenvalue weighted by atomic mass is 10.1. The summed E-state index contributed by atoms with van der Waals surface area (Å²) in [5.41, 5.74) is 4.10. The van der Waals surface area contributed by atoms with Crippen LogP contribution in [-0.2, 0) is 11.2 Å². The second kappa shape index (κ2) is 9.89. The van der Waals surface area contributed by atoms with Crippen molar-refractivity contribution < 1.29 is 14.3 Å². The Morgan fingerprint density at radius 2 is 1.93 bits per heavy atom. The number of aromatic nitrogens is 1. The van der Waals surface area contributed by atoms with Crippen molar-refractivity contribution in [1.29, 1.82) is 0 Å². The van der Waals surface area contributed by atoms with Gasteiger partial charge in [-0.15, -0.1) is 11.3 Å². The normalized spacial score (nSPS) is 10.9. The minimum absolute atomic E-state index is 0.141. The molecular weight excluding hydrogens is 384 g/mol. The minimum Gasteiger partial charge on any atom is -0.497 e. The lowest BCUT2D eigenvalue weighted by Gasteiger charge is -2.07. The van der Waals surface area contributed by atoms with Crippen LogP contribution in [0.5, 0.6) is 11.5 Å². The number of amides is 1. The van der Waals surface area contributed by atoms with Crippen LogP contribution in [0, 0.1) is 6.92 Å². The fraction of sp³-hybridized carbons (Fsp3) is 0.217. The van der Waals surface area contributed by atoms with Gasteiger partial charge in [-0.3, -0.25) is 4.79 Å². The van der Waals surface area contributed by atoms with Crippen LogP contribution in [0.1, 0.15) is 16.1 Å². The molecule has 0 atom stereocenters. The highest BCUT2D eigenvalue weighted by Gasteiger charge is 2.04. The average Bonchev–Trinajstić information content (AvgIpc) is 3.19.